The van der Waals surface area contributed by atoms with Gasteiger partial charge in [-0.15, -0.1) is 0 Å². The molecule has 0 saturated heterocycles. The van der Waals surface area contributed by atoms with Crippen molar-refractivity contribution in [3.05, 3.63) is 24.3 Å². The standard InChI is InChI=1S/C15H26N4/c1-13-5-4-6-15(9-13,19(2)3)12-17-11-14-10-16-7-8-18-14/h7-8,10,13,17H,4-6,9,11-12H2,1-3H3. The highest BCUT2D eigenvalue weighted by Gasteiger charge is 2.36. The van der Waals surface area contributed by atoms with Crippen LogP contribution in [0.1, 0.15) is 38.3 Å². The van der Waals surface area contributed by atoms with E-state index in [1.165, 1.54) is 25.7 Å². The van der Waals surface area contributed by atoms with Crippen molar-refractivity contribution in [3.63, 3.8) is 0 Å². The average Bonchev–Trinajstić information content (AvgIpc) is 2.40. The molecule has 0 aliphatic heterocycles. The average molecular weight is 262 g/mol. The predicted molar refractivity (Wildman–Crippen MR) is 77.8 cm³/mol. The molecule has 2 atom stereocenters. The van der Waals surface area contributed by atoms with E-state index in [2.05, 4.69) is 41.2 Å². The second-order valence-electron chi connectivity index (χ2n) is 6.12. The van der Waals surface area contributed by atoms with Crippen LogP contribution < -0.4 is 5.32 Å². The fourth-order valence-corrected chi connectivity index (χ4v) is 3.20. The van der Waals surface area contributed by atoms with Crippen LogP contribution in [0.3, 0.4) is 0 Å². The summed E-state index contributed by atoms with van der Waals surface area (Å²) in [7, 11) is 4.42. The van der Waals surface area contributed by atoms with E-state index in [1.54, 1.807) is 12.4 Å². The second-order valence-corrected chi connectivity index (χ2v) is 6.12. The van der Waals surface area contributed by atoms with Crippen molar-refractivity contribution in [3.8, 4) is 0 Å². The van der Waals surface area contributed by atoms with Gasteiger partial charge in [0.15, 0.2) is 0 Å². The minimum atomic E-state index is 0.305. The molecule has 1 aromatic rings. The predicted octanol–water partition coefficient (Wildman–Crippen LogP) is 2.08. The molecule has 2 rings (SSSR count). The highest BCUT2D eigenvalue weighted by atomic mass is 15.2. The molecule has 4 heteroatoms. The zero-order chi connectivity index (χ0) is 13.7. The molecule has 1 aromatic heterocycles. The number of hydrogen-bond donors (Lipinski definition) is 1. The van der Waals surface area contributed by atoms with E-state index in [4.69, 9.17) is 0 Å². The Hall–Kier alpha value is -1.00. The van der Waals surface area contributed by atoms with Crippen LogP contribution in [0.15, 0.2) is 18.6 Å². The van der Waals surface area contributed by atoms with Gasteiger partial charge < -0.3 is 10.2 Å². The number of likely N-dealkylation sites (N-methyl/N-ethyl adjacent to an activating group) is 1. The van der Waals surface area contributed by atoms with Crippen molar-refractivity contribution >= 4 is 0 Å². The van der Waals surface area contributed by atoms with Crippen molar-refractivity contribution in [2.45, 2.75) is 44.7 Å². The van der Waals surface area contributed by atoms with E-state index in [0.717, 1.165) is 24.7 Å². The molecule has 1 aliphatic carbocycles. The number of aromatic nitrogens is 2. The van der Waals surface area contributed by atoms with Gasteiger partial charge in [-0.25, -0.2) is 0 Å². The lowest BCUT2D eigenvalue weighted by Gasteiger charge is -2.45. The molecule has 1 N–H and O–H groups in total. The van der Waals surface area contributed by atoms with Gasteiger partial charge >= 0.3 is 0 Å². The molecule has 106 valence electrons. The third kappa shape index (κ3) is 3.74. The molecule has 0 radical (unpaired) electrons. The smallest absolute Gasteiger partial charge is 0.0724 e. The molecule has 2 unspecified atom stereocenters. The maximum atomic E-state index is 4.31. The fourth-order valence-electron chi connectivity index (χ4n) is 3.20. The van der Waals surface area contributed by atoms with Gasteiger partial charge in [-0.05, 0) is 32.9 Å². The molecule has 0 bridgehead atoms. The summed E-state index contributed by atoms with van der Waals surface area (Å²) < 4.78 is 0. The van der Waals surface area contributed by atoms with Crippen LogP contribution in [0, 0.1) is 5.92 Å². The Balaban J connectivity index is 1.90. The summed E-state index contributed by atoms with van der Waals surface area (Å²) >= 11 is 0. The van der Waals surface area contributed by atoms with Crippen LogP contribution in [-0.2, 0) is 6.54 Å². The Morgan fingerprint density at radius 3 is 2.89 bits per heavy atom. The summed E-state index contributed by atoms with van der Waals surface area (Å²) in [5, 5.41) is 3.57. The van der Waals surface area contributed by atoms with Gasteiger partial charge in [0.1, 0.15) is 0 Å². The molecule has 0 aromatic carbocycles. The van der Waals surface area contributed by atoms with Gasteiger partial charge in [-0.2, -0.15) is 0 Å². The Morgan fingerprint density at radius 1 is 1.42 bits per heavy atom. The van der Waals surface area contributed by atoms with Gasteiger partial charge in [0.2, 0.25) is 0 Å². The molecular formula is C15H26N4. The minimum Gasteiger partial charge on any atom is -0.309 e. The number of nitrogens with one attached hydrogen (secondary N) is 1. The number of rotatable bonds is 5. The largest absolute Gasteiger partial charge is 0.309 e. The lowest BCUT2D eigenvalue weighted by molar-refractivity contribution is 0.0749. The minimum absolute atomic E-state index is 0.305. The maximum absolute atomic E-state index is 4.31. The SMILES string of the molecule is CC1CCCC(CNCc2cnccn2)(N(C)C)C1. The second kappa shape index (κ2) is 6.44. The van der Waals surface area contributed by atoms with Crippen LogP contribution >= 0.6 is 0 Å². The van der Waals surface area contributed by atoms with Gasteiger partial charge in [-0.1, -0.05) is 19.8 Å². The highest BCUT2D eigenvalue weighted by Crippen LogP contribution is 2.35. The summed E-state index contributed by atoms with van der Waals surface area (Å²) in [5.41, 5.74) is 1.32. The summed E-state index contributed by atoms with van der Waals surface area (Å²) in [5.74, 6) is 0.828. The normalized spacial score (nSPS) is 27.7. The first-order valence-corrected chi connectivity index (χ1v) is 7.25. The van der Waals surface area contributed by atoms with Crippen molar-refractivity contribution in [2.24, 2.45) is 5.92 Å². The van der Waals surface area contributed by atoms with Crippen LogP contribution in [0.25, 0.3) is 0 Å². The van der Waals surface area contributed by atoms with E-state index in [9.17, 15) is 0 Å². The van der Waals surface area contributed by atoms with Gasteiger partial charge in [0.25, 0.3) is 0 Å². The topological polar surface area (TPSA) is 41.1 Å². The first-order valence-electron chi connectivity index (χ1n) is 7.25. The first kappa shape index (κ1) is 14.4. The zero-order valence-corrected chi connectivity index (χ0v) is 12.4. The third-order valence-corrected chi connectivity index (χ3v) is 4.39. The van der Waals surface area contributed by atoms with Crippen molar-refractivity contribution in [2.75, 3.05) is 20.6 Å². The van der Waals surface area contributed by atoms with Crippen LogP contribution in [-0.4, -0.2) is 41.0 Å². The fraction of sp³-hybridized carbons (Fsp3) is 0.733. The molecule has 1 saturated carbocycles. The maximum Gasteiger partial charge on any atom is 0.0724 e. The van der Waals surface area contributed by atoms with Gasteiger partial charge in [0.05, 0.1) is 5.69 Å². The highest BCUT2D eigenvalue weighted by molar-refractivity contribution is 4.97. The van der Waals surface area contributed by atoms with Crippen molar-refractivity contribution in [1.29, 1.82) is 0 Å². The molecule has 1 aliphatic rings. The van der Waals surface area contributed by atoms with E-state index in [-0.39, 0.29) is 0 Å². The molecule has 4 nitrogen and oxygen atoms in total. The lowest BCUT2D eigenvalue weighted by Crippen LogP contribution is -2.54. The number of hydrogen-bond acceptors (Lipinski definition) is 4. The first-order chi connectivity index (χ1) is 9.12. The van der Waals surface area contributed by atoms with Gasteiger partial charge in [-0.3, -0.25) is 9.97 Å². The van der Waals surface area contributed by atoms with E-state index in [0.29, 0.717) is 5.54 Å². The molecule has 1 fully saturated rings. The Kier molecular flexibility index (Phi) is 4.88. The van der Waals surface area contributed by atoms with E-state index < -0.39 is 0 Å². The third-order valence-electron chi connectivity index (χ3n) is 4.39. The molecule has 0 amide bonds. The monoisotopic (exact) mass is 262 g/mol. The van der Waals surface area contributed by atoms with Crippen LogP contribution in [0.4, 0.5) is 0 Å². The van der Waals surface area contributed by atoms with E-state index in [1.807, 2.05) is 6.20 Å². The summed E-state index contributed by atoms with van der Waals surface area (Å²) in [6.45, 7) is 4.21. The zero-order valence-electron chi connectivity index (χ0n) is 12.4. The Labute approximate surface area is 116 Å². The summed E-state index contributed by atoms with van der Waals surface area (Å²) in [6, 6.07) is 0. The van der Waals surface area contributed by atoms with Crippen LogP contribution in [0.5, 0.6) is 0 Å². The Bertz CT molecular complexity index is 379. The van der Waals surface area contributed by atoms with E-state index >= 15 is 0 Å². The van der Waals surface area contributed by atoms with Crippen molar-refractivity contribution < 1.29 is 0 Å². The molecular weight excluding hydrogens is 236 g/mol. The molecule has 0 spiro atoms. The van der Waals surface area contributed by atoms with Gasteiger partial charge in [0, 0.05) is 37.2 Å². The summed E-state index contributed by atoms with van der Waals surface area (Å²) in [6.07, 6.45) is 10.6. The summed E-state index contributed by atoms with van der Waals surface area (Å²) in [4.78, 5) is 10.8. The molecule has 19 heavy (non-hydrogen) atoms. The number of nitrogens with zero attached hydrogens (tertiary/aromatic N) is 3. The van der Waals surface area contributed by atoms with Crippen molar-refractivity contribution in [1.82, 2.24) is 20.2 Å². The lowest BCUT2D eigenvalue weighted by atomic mass is 9.75. The van der Waals surface area contributed by atoms with Crippen LogP contribution in [0.2, 0.25) is 0 Å². The molecule has 1 heterocycles. The quantitative estimate of drug-likeness (QED) is 0.882. The Morgan fingerprint density at radius 2 is 2.26 bits per heavy atom.